The predicted molar refractivity (Wildman–Crippen MR) is 182 cm³/mol. The number of nitrogens with one attached hydrogen (secondary N) is 2. The Morgan fingerprint density at radius 1 is 0.737 bits per heavy atom. The van der Waals surface area contributed by atoms with Crippen LogP contribution in [-0.4, -0.2) is 119 Å². The number of phosphoric acid groups is 4. The summed E-state index contributed by atoms with van der Waals surface area (Å²) < 4.78 is 94.9. The highest BCUT2D eigenvalue weighted by Crippen LogP contribution is 2.71. The summed E-state index contributed by atoms with van der Waals surface area (Å²) in [5, 5.41) is 23.0. The highest BCUT2D eigenvalue weighted by molar-refractivity contribution is 7.69. The first-order valence-corrected chi connectivity index (χ1v) is 22.2. The number of phosphoric ester groups is 2. The molecule has 5 heterocycles. The number of fused-ring (bicyclic) bond motifs is 1. The van der Waals surface area contributed by atoms with E-state index in [-0.39, 0.29) is 6.42 Å². The smallest absolute Gasteiger partial charge is 0.387 e. The Labute approximate surface area is 318 Å². The molecular formula is C26H35N5O22P4. The van der Waals surface area contributed by atoms with Gasteiger partial charge in [-0.1, -0.05) is 30.3 Å². The topological polar surface area (TPSA) is 386 Å². The first kappa shape index (κ1) is 43.8. The van der Waals surface area contributed by atoms with E-state index in [0.29, 0.717) is 4.57 Å². The van der Waals surface area contributed by atoms with Gasteiger partial charge in [0, 0.05) is 24.9 Å². The first-order valence-electron chi connectivity index (χ1n) is 16.2. The van der Waals surface area contributed by atoms with Crippen LogP contribution < -0.4 is 22.3 Å². The third-order valence-corrected chi connectivity index (χ3v) is 14.2. The molecule has 0 bridgehead atoms. The number of aromatic amines is 1. The van der Waals surface area contributed by atoms with Gasteiger partial charge in [-0.15, -0.1) is 0 Å². The fourth-order valence-corrected chi connectivity index (χ4v) is 10.9. The minimum Gasteiger partial charge on any atom is -0.387 e. The van der Waals surface area contributed by atoms with Crippen LogP contribution in [0.4, 0.5) is 4.79 Å². The van der Waals surface area contributed by atoms with Crippen molar-refractivity contribution in [2.24, 2.45) is 5.73 Å². The molecule has 2 amide bonds. The molecule has 316 valence electrons. The molecule has 3 saturated heterocycles. The lowest BCUT2D eigenvalue weighted by atomic mass is 10.1. The van der Waals surface area contributed by atoms with Gasteiger partial charge < -0.3 is 59.8 Å². The van der Waals surface area contributed by atoms with Crippen molar-refractivity contribution < 1.29 is 93.8 Å². The zero-order valence-electron chi connectivity index (χ0n) is 28.6. The van der Waals surface area contributed by atoms with Gasteiger partial charge in [0.05, 0.1) is 19.4 Å². The number of aromatic nitrogens is 2. The van der Waals surface area contributed by atoms with Crippen molar-refractivity contribution in [3.05, 3.63) is 81.3 Å². The van der Waals surface area contributed by atoms with E-state index in [1.807, 2.05) is 4.98 Å². The summed E-state index contributed by atoms with van der Waals surface area (Å²) in [6.45, 7) is -2.13. The number of nitrogens with zero attached hydrogens (tertiary/aromatic N) is 2. The number of carbonyl (C=O) groups excluding carboxylic acids is 1. The molecule has 10 N–H and O–H groups in total. The Morgan fingerprint density at radius 2 is 1.32 bits per heavy atom. The summed E-state index contributed by atoms with van der Waals surface area (Å²) in [6, 6.07) is 9.16. The predicted octanol–water partition coefficient (Wildman–Crippen LogP) is -1.46. The van der Waals surface area contributed by atoms with Crippen LogP contribution in [0.5, 0.6) is 0 Å². The summed E-state index contributed by atoms with van der Waals surface area (Å²) in [5.41, 5.74) is 4.67. The van der Waals surface area contributed by atoms with Gasteiger partial charge in [0.25, 0.3) is 5.56 Å². The van der Waals surface area contributed by atoms with Gasteiger partial charge >= 0.3 is 43.0 Å². The molecule has 14 atom stereocenters. The number of ether oxygens (including phenoxy) is 4. The lowest BCUT2D eigenvalue weighted by molar-refractivity contribution is -0.153. The number of rotatable bonds is 16. The van der Waals surface area contributed by atoms with Crippen molar-refractivity contribution in [2.45, 2.75) is 68.0 Å². The van der Waals surface area contributed by atoms with Gasteiger partial charge in [0.1, 0.15) is 36.6 Å². The van der Waals surface area contributed by atoms with Crippen LogP contribution in [0, 0.1) is 0 Å². The minimum absolute atomic E-state index is 0.239. The molecule has 0 spiro atoms. The van der Waals surface area contributed by atoms with E-state index >= 15 is 0 Å². The zero-order valence-corrected chi connectivity index (χ0v) is 32.1. The lowest BCUT2D eigenvalue weighted by Gasteiger charge is -2.32. The second kappa shape index (κ2) is 17.0. The number of carbonyl (C=O) groups is 1. The van der Waals surface area contributed by atoms with E-state index in [1.165, 1.54) is 12.3 Å². The van der Waals surface area contributed by atoms with Crippen molar-refractivity contribution in [3.63, 3.8) is 0 Å². The Hall–Kier alpha value is -2.81. The maximum absolute atomic E-state index is 12.7. The van der Waals surface area contributed by atoms with Crippen LogP contribution in [0.25, 0.3) is 0 Å². The van der Waals surface area contributed by atoms with Crippen molar-refractivity contribution in [1.29, 1.82) is 0 Å². The van der Waals surface area contributed by atoms with Crippen molar-refractivity contribution in [2.75, 3.05) is 13.2 Å². The summed E-state index contributed by atoms with van der Waals surface area (Å²) in [4.78, 5) is 79.1. The monoisotopic (exact) mass is 893 g/mol. The minimum atomic E-state index is -6.22. The standard InChI is InChI=1S/C26H35N5O22P4/c27-16-6-8-31(25(35)28-16)24-22-21(49-18(50-22)10-13-4-2-1-3-5-13)15(48-24)12-46-55(39,40)52-57(43,44)53-56(41,42)51-54(37,38)45-11-14-19(33)20(34)23(47-14)30-9-7-17(32)29-26(30)36/h1-9,14-16,18-24,33-34H,10-12,27H2,(H,28,35)(H,37,38)(H,39,40)(H,41,42)(H,43,44)(H,29,32,36)/t14-,15-,16?,18?,19-,20-,21-,22-,23-,24-/m1/s1. The Kier molecular flexibility index (Phi) is 13.1. The maximum atomic E-state index is 12.7. The summed E-state index contributed by atoms with van der Waals surface area (Å²) in [6.07, 6.45) is -9.54. The molecule has 0 aliphatic carbocycles. The molecule has 6 unspecified atom stereocenters. The van der Waals surface area contributed by atoms with Gasteiger partial charge in [-0.05, 0) is 11.6 Å². The van der Waals surface area contributed by atoms with Crippen LogP contribution in [-0.2, 0) is 65.6 Å². The van der Waals surface area contributed by atoms with Crippen molar-refractivity contribution in [3.8, 4) is 0 Å². The number of H-pyrrole nitrogens is 1. The van der Waals surface area contributed by atoms with Crippen LogP contribution in [0.1, 0.15) is 11.8 Å². The molecule has 27 nitrogen and oxygen atoms in total. The van der Waals surface area contributed by atoms with E-state index in [9.17, 15) is 62.4 Å². The molecule has 4 aliphatic rings. The summed E-state index contributed by atoms with van der Waals surface area (Å²) >= 11 is 0. The number of hydrogen-bond donors (Lipinski definition) is 9. The Bertz CT molecular complexity index is 2140. The van der Waals surface area contributed by atoms with Crippen LogP contribution >= 0.6 is 31.3 Å². The molecule has 1 aromatic heterocycles. The maximum Gasteiger partial charge on any atom is 0.490 e. The fraction of sp³-hybridized carbons (Fsp3) is 0.500. The average Bonchev–Trinajstić information content (AvgIpc) is 3.73. The first-order chi connectivity index (χ1) is 26.6. The quantitative estimate of drug-likeness (QED) is 0.0870. The zero-order chi connectivity index (χ0) is 41.5. The van der Waals surface area contributed by atoms with Gasteiger partial charge in [-0.3, -0.25) is 28.3 Å². The number of urea groups is 1. The van der Waals surface area contributed by atoms with Crippen molar-refractivity contribution in [1.82, 2.24) is 19.8 Å². The number of amides is 2. The SMILES string of the molecule is NC1C=CN([C@@H]2O[C@H](COP(=O)(O)OP(=O)(O)OP(=O)(O)OP(=O)(O)OC[C@H]3O[C@@H](n4ccc(=O)[nH]c4=O)[C@H](O)[C@@H]3O)[C@H]3OC(Cc4ccccc4)O[C@H]32)C(=O)N1. The third-order valence-electron chi connectivity index (χ3n) is 8.29. The molecule has 4 aliphatic heterocycles. The van der Waals surface area contributed by atoms with Crippen LogP contribution in [0.15, 0.2) is 64.5 Å². The Balaban J connectivity index is 1.04. The second-order valence-corrected chi connectivity index (χ2v) is 18.6. The van der Waals surface area contributed by atoms with Gasteiger partial charge in [-0.2, -0.15) is 12.9 Å². The number of aliphatic hydroxyl groups excluding tert-OH is 2. The van der Waals surface area contributed by atoms with Gasteiger partial charge in [0.2, 0.25) is 0 Å². The van der Waals surface area contributed by atoms with Gasteiger partial charge in [0.15, 0.2) is 18.7 Å². The molecule has 0 radical (unpaired) electrons. The van der Waals surface area contributed by atoms with E-state index in [4.69, 9.17) is 29.2 Å². The highest BCUT2D eigenvalue weighted by atomic mass is 31.3. The highest BCUT2D eigenvalue weighted by Gasteiger charge is 2.56. The van der Waals surface area contributed by atoms with E-state index in [1.54, 1.807) is 30.3 Å². The number of benzene rings is 1. The fourth-order valence-electron chi connectivity index (χ4n) is 5.91. The molecule has 3 fully saturated rings. The van der Waals surface area contributed by atoms with E-state index < -0.39 is 123 Å². The normalized spacial score (nSPS) is 34.2. The number of nitrogens with two attached hydrogens (primary N) is 1. The van der Waals surface area contributed by atoms with Crippen LogP contribution in [0.3, 0.4) is 0 Å². The number of aliphatic hydroxyl groups is 2. The van der Waals surface area contributed by atoms with Crippen LogP contribution in [0.2, 0.25) is 0 Å². The largest absolute Gasteiger partial charge is 0.490 e. The van der Waals surface area contributed by atoms with Gasteiger partial charge in [-0.25, -0.2) is 27.8 Å². The third kappa shape index (κ3) is 10.9. The molecule has 57 heavy (non-hydrogen) atoms. The van der Waals surface area contributed by atoms with Crippen molar-refractivity contribution >= 4 is 37.3 Å². The van der Waals surface area contributed by atoms with E-state index in [0.717, 1.165) is 22.7 Å². The lowest BCUT2D eigenvalue weighted by Crippen LogP contribution is -2.55. The molecule has 31 heteroatoms. The second-order valence-electron chi connectivity index (χ2n) is 12.4. The number of hydrogen-bond acceptors (Lipinski definition) is 19. The Morgan fingerprint density at radius 3 is 1.93 bits per heavy atom. The summed E-state index contributed by atoms with van der Waals surface area (Å²) in [5.74, 6) is 0. The summed E-state index contributed by atoms with van der Waals surface area (Å²) in [7, 11) is -24.0. The van der Waals surface area contributed by atoms with E-state index in [2.05, 4.69) is 22.8 Å². The molecule has 6 rings (SSSR count). The molecular weight excluding hydrogens is 858 g/mol. The average molecular weight is 893 g/mol. The molecule has 1 aromatic carbocycles. The molecule has 2 aromatic rings. The molecule has 0 saturated carbocycles.